The van der Waals surface area contributed by atoms with Crippen LogP contribution in [0.5, 0.6) is 17.2 Å². The summed E-state index contributed by atoms with van der Waals surface area (Å²) in [7, 11) is 1.35. The number of phenolic OH excluding ortho intramolecular Hbond substituents is 2. The van der Waals surface area contributed by atoms with Crippen LogP contribution in [-0.2, 0) is 15.9 Å². The minimum absolute atomic E-state index is 0. The highest BCUT2D eigenvalue weighted by molar-refractivity contribution is 6.31. The molecule has 1 aliphatic heterocycles. The number of aliphatic hydroxyl groups excluding tert-OH is 2. The summed E-state index contributed by atoms with van der Waals surface area (Å²) >= 11 is 0. The van der Waals surface area contributed by atoms with Crippen LogP contribution in [0.15, 0.2) is 18.2 Å². The molecule has 0 bridgehead atoms. The van der Waals surface area contributed by atoms with E-state index in [0.29, 0.717) is 0 Å². The Kier molecular flexibility index (Phi) is 7.74. The number of nitrogens with two attached hydrogens (primary N) is 1. The number of aromatic hydroxyl groups is 2. The van der Waals surface area contributed by atoms with Gasteiger partial charge in [-0.25, -0.2) is 0 Å². The summed E-state index contributed by atoms with van der Waals surface area (Å²) in [6.07, 6.45) is -5.47. The van der Waals surface area contributed by atoms with Crippen molar-refractivity contribution in [3.05, 3.63) is 51.6 Å². The summed E-state index contributed by atoms with van der Waals surface area (Å²) in [6, 6.07) is 3.80. The van der Waals surface area contributed by atoms with Crippen LogP contribution in [0.1, 0.15) is 75.8 Å². The van der Waals surface area contributed by atoms with Crippen molar-refractivity contribution in [3.63, 3.8) is 0 Å². The second-order valence-corrected chi connectivity index (χ2v) is 10.3. The van der Waals surface area contributed by atoms with Gasteiger partial charge in [-0.3, -0.25) is 9.59 Å². The Morgan fingerprint density at radius 3 is 2.41 bits per heavy atom. The van der Waals surface area contributed by atoms with Crippen LogP contribution in [-0.4, -0.2) is 80.5 Å². The van der Waals surface area contributed by atoms with E-state index in [1.54, 1.807) is 6.92 Å². The number of ether oxygens (including phenoxy) is 3. The van der Waals surface area contributed by atoms with E-state index in [2.05, 4.69) is 0 Å². The first-order chi connectivity index (χ1) is 17.9. The molecule has 2 aromatic carbocycles. The van der Waals surface area contributed by atoms with Gasteiger partial charge in [0.15, 0.2) is 12.1 Å². The van der Waals surface area contributed by atoms with Crippen LogP contribution in [0, 0.1) is 0 Å². The first-order valence-corrected chi connectivity index (χ1v) is 12.4. The number of halogens is 1. The number of benzene rings is 2. The molecule has 5 rings (SSSR count). The van der Waals surface area contributed by atoms with E-state index in [4.69, 9.17) is 19.9 Å². The molecule has 11 nitrogen and oxygen atoms in total. The number of rotatable bonds is 4. The minimum Gasteiger partial charge on any atom is -0.507 e. The fourth-order valence-electron chi connectivity index (χ4n) is 5.74. The average Bonchev–Trinajstić information content (AvgIpc) is 2.87. The van der Waals surface area contributed by atoms with E-state index in [0.717, 1.165) is 0 Å². The summed E-state index contributed by atoms with van der Waals surface area (Å²) in [5.41, 5.74) is 3.37. The molecule has 0 amide bonds. The number of ketones is 2. The van der Waals surface area contributed by atoms with Crippen molar-refractivity contribution < 1.29 is 49.3 Å². The van der Waals surface area contributed by atoms with E-state index < -0.39 is 76.5 Å². The van der Waals surface area contributed by atoms with Crippen molar-refractivity contribution in [1.29, 1.82) is 0 Å². The fourth-order valence-corrected chi connectivity index (χ4v) is 5.74. The molecule has 0 unspecified atom stereocenters. The third kappa shape index (κ3) is 4.48. The SMILES string of the molecule is COc1cccc2c1C(=O)c1c(O)c3c(c(O)c1C2=O)C[C@@](O)([C@H](C)O)C[C@@H]3O[C@H]1C[C@H](N)[C@H](O)[C@H](C)O1.Cl. The molecule has 39 heavy (non-hydrogen) atoms. The number of aliphatic hydroxyl groups is 3. The molecule has 0 saturated carbocycles. The van der Waals surface area contributed by atoms with Crippen LogP contribution in [0.4, 0.5) is 0 Å². The molecule has 3 aliphatic rings. The maximum atomic E-state index is 13.6. The predicted octanol–water partition coefficient (Wildman–Crippen LogP) is 1.24. The van der Waals surface area contributed by atoms with Crippen LogP contribution in [0.2, 0.25) is 0 Å². The van der Waals surface area contributed by atoms with E-state index in [9.17, 15) is 35.1 Å². The van der Waals surface area contributed by atoms with E-state index in [-0.39, 0.29) is 59.7 Å². The molecule has 2 aromatic rings. The van der Waals surface area contributed by atoms with Crippen LogP contribution >= 0.6 is 12.4 Å². The monoisotopic (exact) mass is 565 g/mol. The Morgan fingerprint density at radius 1 is 1.13 bits per heavy atom. The number of hydrogen-bond donors (Lipinski definition) is 6. The molecule has 1 saturated heterocycles. The van der Waals surface area contributed by atoms with Gasteiger partial charge in [0.05, 0.1) is 53.8 Å². The number of fused-ring (bicyclic) bond motifs is 3. The summed E-state index contributed by atoms with van der Waals surface area (Å²) in [5.74, 6) is -2.44. The Bertz CT molecular complexity index is 1320. The normalized spacial score (nSPS) is 30.5. The maximum Gasteiger partial charge on any atom is 0.202 e. The lowest BCUT2D eigenvalue weighted by Gasteiger charge is -2.43. The maximum absolute atomic E-state index is 13.6. The van der Waals surface area contributed by atoms with Crippen molar-refractivity contribution in [2.75, 3.05) is 7.11 Å². The van der Waals surface area contributed by atoms with E-state index >= 15 is 0 Å². The molecule has 7 atom stereocenters. The first-order valence-electron chi connectivity index (χ1n) is 12.4. The van der Waals surface area contributed by atoms with Crippen LogP contribution in [0.25, 0.3) is 0 Å². The van der Waals surface area contributed by atoms with Crippen molar-refractivity contribution >= 4 is 24.0 Å². The zero-order chi connectivity index (χ0) is 27.7. The van der Waals surface area contributed by atoms with Crippen LogP contribution in [0.3, 0.4) is 0 Å². The van der Waals surface area contributed by atoms with E-state index in [1.807, 2.05) is 0 Å². The van der Waals surface area contributed by atoms with Gasteiger partial charge in [-0.1, -0.05) is 12.1 Å². The first kappa shape index (κ1) is 29.2. The van der Waals surface area contributed by atoms with Gasteiger partial charge in [-0.15, -0.1) is 12.4 Å². The highest BCUT2D eigenvalue weighted by Crippen LogP contribution is 2.52. The topological polar surface area (TPSA) is 189 Å². The van der Waals surface area contributed by atoms with Gasteiger partial charge in [-0.2, -0.15) is 0 Å². The van der Waals surface area contributed by atoms with Gasteiger partial charge in [0, 0.05) is 42.0 Å². The molecular weight excluding hydrogens is 534 g/mol. The summed E-state index contributed by atoms with van der Waals surface area (Å²) in [5, 5.41) is 54.7. The molecule has 0 spiro atoms. The fraction of sp³-hybridized carbons (Fsp3) is 0.481. The number of hydrogen-bond acceptors (Lipinski definition) is 11. The predicted molar refractivity (Wildman–Crippen MR) is 139 cm³/mol. The largest absolute Gasteiger partial charge is 0.507 e. The quantitative estimate of drug-likeness (QED) is 0.250. The van der Waals surface area contributed by atoms with Crippen molar-refractivity contribution in [2.45, 2.75) is 75.5 Å². The number of methoxy groups -OCH3 is 1. The van der Waals surface area contributed by atoms with Crippen molar-refractivity contribution in [2.24, 2.45) is 5.73 Å². The van der Waals surface area contributed by atoms with Gasteiger partial charge in [0.2, 0.25) is 5.78 Å². The van der Waals surface area contributed by atoms with Crippen molar-refractivity contribution in [1.82, 2.24) is 0 Å². The molecule has 0 radical (unpaired) electrons. The Hall–Kier alpha value is -2.77. The minimum atomic E-state index is -1.80. The van der Waals surface area contributed by atoms with Gasteiger partial charge < -0.3 is 45.5 Å². The zero-order valence-electron chi connectivity index (χ0n) is 21.6. The lowest BCUT2D eigenvalue weighted by molar-refractivity contribution is -0.250. The molecule has 1 heterocycles. The lowest BCUT2D eigenvalue weighted by Crippen LogP contribution is -2.53. The Labute approximate surface area is 230 Å². The Balaban J connectivity index is 0.00000353. The second kappa shape index (κ2) is 10.3. The van der Waals surface area contributed by atoms with Crippen LogP contribution < -0.4 is 10.5 Å². The molecular formula is C27H32ClNO10. The number of carbonyl (C=O) groups excluding carboxylic acids is 2. The standard InChI is InChI=1S/C27H31NO10.ClH/c1-10-22(30)14(28)7-17(37-10)38-16-9-27(35,11(2)29)8-13-19(16)26(34)21-20(24(13)32)23(31)12-5-4-6-15(36-3)18(12)25(21)33;/h4-6,10-11,14,16-17,22,29-30,32,34-35H,7-9,28H2,1-3H3;1H/t10-,11-,14-,16-,17-,22+,27-;/m0./s1. The highest BCUT2D eigenvalue weighted by atomic mass is 35.5. The van der Waals surface area contributed by atoms with Gasteiger partial charge in [0.25, 0.3) is 0 Å². The number of carbonyl (C=O) groups is 2. The highest BCUT2D eigenvalue weighted by Gasteiger charge is 2.49. The molecule has 12 heteroatoms. The van der Waals surface area contributed by atoms with Gasteiger partial charge in [0.1, 0.15) is 17.2 Å². The third-order valence-electron chi connectivity index (χ3n) is 7.95. The molecule has 0 aromatic heterocycles. The average molecular weight is 566 g/mol. The van der Waals surface area contributed by atoms with Crippen molar-refractivity contribution in [3.8, 4) is 17.2 Å². The molecule has 1 fully saturated rings. The second-order valence-electron chi connectivity index (χ2n) is 10.3. The van der Waals surface area contributed by atoms with E-state index in [1.165, 1.54) is 32.2 Å². The summed E-state index contributed by atoms with van der Waals surface area (Å²) < 4.78 is 17.1. The van der Waals surface area contributed by atoms with Gasteiger partial charge >= 0.3 is 0 Å². The Morgan fingerprint density at radius 2 is 1.79 bits per heavy atom. The molecule has 212 valence electrons. The zero-order valence-corrected chi connectivity index (χ0v) is 22.4. The summed E-state index contributed by atoms with van der Waals surface area (Å²) in [4.78, 5) is 27.1. The lowest BCUT2D eigenvalue weighted by atomic mass is 9.71. The number of phenols is 2. The summed E-state index contributed by atoms with van der Waals surface area (Å²) in [6.45, 7) is 3.00. The van der Waals surface area contributed by atoms with Gasteiger partial charge in [-0.05, 0) is 19.9 Å². The third-order valence-corrected chi connectivity index (χ3v) is 7.95. The molecule has 2 aliphatic carbocycles. The smallest absolute Gasteiger partial charge is 0.202 e. The molecule has 7 N–H and O–H groups in total.